The molecule has 0 heterocycles. The zero-order chi connectivity index (χ0) is 9.68. The lowest BCUT2D eigenvalue weighted by Crippen LogP contribution is -1.83. The van der Waals surface area contributed by atoms with Crippen LogP contribution in [-0.4, -0.2) is 11.7 Å². The van der Waals surface area contributed by atoms with E-state index in [0.717, 1.165) is 0 Å². The first-order chi connectivity index (χ1) is 6.24. The Kier molecular flexibility index (Phi) is 3.48. The fourth-order valence-electron chi connectivity index (χ4n) is 0.891. The third kappa shape index (κ3) is 2.89. The van der Waals surface area contributed by atoms with Gasteiger partial charge in [-0.2, -0.15) is 0 Å². The van der Waals surface area contributed by atoms with Crippen molar-refractivity contribution in [3.63, 3.8) is 0 Å². The minimum Gasteiger partial charge on any atom is -0.395 e. The molecule has 0 amide bonds. The number of benzene rings is 1. The van der Waals surface area contributed by atoms with Crippen molar-refractivity contribution in [3.05, 3.63) is 35.1 Å². The van der Waals surface area contributed by atoms with Crippen LogP contribution in [0.1, 0.15) is 17.5 Å². The van der Waals surface area contributed by atoms with E-state index in [1.807, 2.05) is 0 Å². The zero-order valence-electron chi connectivity index (χ0n) is 7.47. The molecule has 0 aliphatic rings. The molecule has 0 fully saturated rings. The SMILES string of the molecule is Cc1ccc(C#CCCO)cc1F. The summed E-state index contributed by atoms with van der Waals surface area (Å²) in [5, 5.41) is 8.47. The number of hydrogen-bond donors (Lipinski definition) is 1. The highest BCUT2D eigenvalue weighted by Gasteiger charge is 1.95. The van der Waals surface area contributed by atoms with E-state index in [0.29, 0.717) is 17.5 Å². The molecule has 0 saturated heterocycles. The third-order valence-electron chi connectivity index (χ3n) is 1.64. The van der Waals surface area contributed by atoms with Crippen LogP contribution in [0, 0.1) is 24.6 Å². The standard InChI is InChI=1S/C11H11FO/c1-9-5-6-10(8-11(9)12)4-2-3-7-13/h5-6,8,13H,3,7H2,1H3. The van der Waals surface area contributed by atoms with Gasteiger partial charge in [-0.3, -0.25) is 0 Å². The Bertz CT molecular complexity index is 347. The molecule has 0 radical (unpaired) electrons. The molecule has 0 aliphatic heterocycles. The fraction of sp³-hybridized carbons (Fsp3) is 0.273. The number of hydrogen-bond acceptors (Lipinski definition) is 1. The van der Waals surface area contributed by atoms with Gasteiger partial charge in [-0.1, -0.05) is 17.9 Å². The molecule has 0 bridgehead atoms. The normalized spacial score (nSPS) is 9.15. The van der Waals surface area contributed by atoms with Gasteiger partial charge in [-0.05, 0) is 24.6 Å². The molecular weight excluding hydrogens is 167 g/mol. The Labute approximate surface area is 77.2 Å². The smallest absolute Gasteiger partial charge is 0.127 e. The van der Waals surface area contributed by atoms with Crippen molar-refractivity contribution in [1.82, 2.24) is 0 Å². The molecule has 1 N–H and O–H groups in total. The van der Waals surface area contributed by atoms with Crippen LogP contribution in [0.2, 0.25) is 0 Å². The summed E-state index contributed by atoms with van der Waals surface area (Å²) in [4.78, 5) is 0. The average Bonchev–Trinajstić information content (AvgIpc) is 2.12. The van der Waals surface area contributed by atoms with Gasteiger partial charge in [0.1, 0.15) is 5.82 Å². The zero-order valence-corrected chi connectivity index (χ0v) is 7.47. The molecule has 1 aromatic carbocycles. The van der Waals surface area contributed by atoms with E-state index in [1.54, 1.807) is 19.1 Å². The summed E-state index contributed by atoms with van der Waals surface area (Å²) < 4.78 is 13.0. The van der Waals surface area contributed by atoms with E-state index in [4.69, 9.17) is 5.11 Å². The first kappa shape index (κ1) is 9.76. The van der Waals surface area contributed by atoms with E-state index in [9.17, 15) is 4.39 Å². The van der Waals surface area contributed by atoms with Gasteiger partial charge in [0.05, 0.1) is 6.61 Å². The quantitative estimate of drug-likeness (QED) is 0.651. The van der Waals surface area contributed by atoms with Crippen molar-refractivity contribution in [2.75, 3.05) is 6.61 Å². The summed E-state index contributed by atoms with van der Waals surface area (Å²) in [5.41, 5.74) is 1.27. The van der Waals surface area contributed by atoms with Crippen molar-refractivity contribution in [1.29, 1.82) is 0 Å². The lowest BCUT2D eigenvalue weighted by Gasteiger charge is -1.95. The molecule has 1 aromatic rings. The molecule has 13 heavy (non-hydrogen) atoms. The maximum atomic E-state index is 13.0. The van der Waals surface area contributed by atoms with E-state index < -0.39 is 0 Å². The van der Waals surface area contributed by atoms with Gasteiger partial charge in [-0.25, -0.2) is 4.39 Å². The molecule has 0 unspecified atom stereocenters. The van der Waals surface area contributed by atoms with Crippen LogP contribution in [0.25, 0.3) is 0 Å². The molecule has 1 rings (SSSR count). The Morgan fingerprint density at radius 3 is 2.85 bits per heavy atom. The van der Waals surface area contributed by atoms with Crippen LogP contribution in [-0.2, 0) is 0 Å². The van der Waals surface area contributed by atoms with Gasteiger partial charge in [0.25, 0.3) is 0 Å². The highest BCUT2D eigenvalue weighted by atomic mass is 19.1. The molecular formula is C11H11FO. The minimum atomic E-state index is -0.240. The second-order valence-corrected chi connectivity index (χ2v) is 2.74. The van der Waals surface area contributed by atoms with Gasteiger partial charge < -0.3 is 5.11 Å². The Balaban J connectivity index is 2.81. The summed E-state index contributed by atoms with van der Waals surface area (Å²) in [6.07, 6.45) is 0.426. The maximum absolute atomic E-state index is 13.0. The van der Waals surface area contributed by atoms with Gasteiger partial charge in [0.2, 0.25) is 0 Å². The number of aryl methyl sites for hydroxylation is 1. The topological polar surface area (TPSA) is 20.2 Å². The Morgan fingerprint density at radius 2 is 2.23 bits per heavy atom. The number of aliphatic hydroxyl groups is 1. The molecule has 0 aliphatic carbocycles. The van der Waals surface area contributed by atoms with Crippen molar-refractivity contribution < 1.29 is 9.50 Å². The van der Waals surface area contributed by atoms with E-state index in [1.165, 1.54) is 6.07 Å². The van der Waals surface area contributed by atoms with Crippen LogP contribution in [0.5, 0.6) is 0 Å². The van der Waals surface area contributed by atoms with Crippen LogP contribution in [0.15, 0.2) is 18.2 Å². The van der Waals surface area contributed by atoms with Crippen LogP contribution in [0.3, 0.4) is 0 Å². The highest BCUT2D eigenvalue weighted by molar-refractivity contribution is 5.36. The van der Waals surface area contributed by atoms with Crippen LogP contribution >= 0.6 is 0 Å². The summed E-state index contributed by atoms with van der Waals surface area (Å²) in [6.45, 7) is 1.75. The lowest BCUT2D eigenvalue weighted by atomic mass is 10.1. The molecule has 2 heteroatoms. The highest BCUT2D eigenvalue weighted by Crippen LogP contribution is 2.07. The summed E-state index contributed by atoms with van der Waals surface area (Å²) in [5.74, 6) is 5.25. The minimum absolute atomic E-state index is 0.0430. The molecule has 0 saturated carbocycles. The second-order valence-electron chi connectivity index (χ2n) is 2.74. The largest absolute Gasteiger partial charge is 0.395 e. The van der Waals surface area contributed by atoms with Crippen LogP contribution < -0.4 is 0 Å². The molecule has 0 atom stereocenters. The number of halogens is 1. The van der Waals surface area contributed by atoms with Crippen molar-refractivity contribution >= 4 is 0 Å². The first-order valence-electron chi connectivity index (χ1n) is 4.10. The van der Waals surface area contributed by atoms with E-state index in [-0.39, 0.29) is 12.4 Å². The van der Waals surface area contributed by atoms with Gasteiger partial charge in [0, 0.05) is 12.0 Å². The average molecular weight is 178 g/mol. The van der Waals surface area contributed by atoms with Gasteiger partial charge in [-0.15, -0.1) is 0 Å². The summed E-state index contributed by atoms with van der Waals surface area (Å²) >= 11 is 0. The van der Waals surface area contributed by atoms with Crippen molar-refractivity contribution in [3.8, 4) is 11.8 Å². The van der Waals surface area contributed by atoms with E-state index in [2.05, 4.69) is 11.8 Å². The monoisotopic (exact) mass is 178 g/mol. The maximum Gasteiger partial charge on any atom is 0.127 e. The molecule has 0 aromatic heterocycles. The van der Waals surface area contributed by atoms with Crippen molar-refractivity contribution in [2.45, 2.75) is 13.3 Å². The van der Waals surface area contributed by atoms with Gasteiger partial charge in [0.15, 0.2) is 0 Å². The Morgan fingerprint density at radius 1 is 1.46 bits per heavy atom. The summed E-state index contributed by atoms with van der Waals surface area (Å²) in [6, 6.07) is 4.86. The lowest BCUT2D eigenvalue weighted by molar-refractivity contribution is 0.305. The van der Waals surface area contributed by atoms with Crippen LogP contribution in [0.4, 0.5) is 4.39 Å². The Hall–Kier alpha value is -1.33. The van der Waals surface area contributed by atoms with Gasteiger partial charge >= 0.3 is 0 Å². The fourth-order valence-corrected chi connectivity index (χ4v) is 0.891. The first-order valence-corrected chi connectivity index (χ1v) is 4.10. The second kappa shape index (κ2) is 4.64. The predicted octanol–water partition coefficient (Wildman–Crippen LogP) is 1.87. The predicted molar refractivity (Wildman–Crippen MR) is 49.7 cm³/mol. The number of rotatable bonds is 1. The number of aliphatic hydroxyl groups excluding tert-OH is 1. The summed E-state index contributed by atoms with van der Waals surface area (Å²) in [7, 11) is 0. The molecule has 68 valence electrons. The van der Waals surface area contributed by atoms with Crippen molar-refractivity contribution in [2.24, 2.45) is 0 Å². The molecule has 1 nitrogen and oxygen atoms in total. The third-order valence-corrected chi connectivity index (χ3v) is 1.64. The van der Waals surface area contributed by atoms with E-state index >= 15 is 0 Å². The molecule has 0 spiro atoms.